The van der Waals surface area contributed by atoms with Gasteiger partial charge in [-0.25, -0.2) is 4.39 Å². The number of hydrogen-bond donors (Lipinski definition) is 2. The van der Waals surface area contributed by atoms with E-state index in [1.54, 1.807) is 13.0 Å². The lowest BCUT2D eigenvalue weighted by atomic mass is 9.79. The van der Waals surface area contributed by atoms with Crippen LogP contribution in [0.3, 0.4) is 0 Å². The summed E-state index contributed by atoms with van der Waals surface area (Å²) in [6, 6.07) is 4.45. The van der Waals surface area contributed by atoms with Gasteiger partial charge in [0.05, 0.1) is 0 Å². The number of rotatable bonds is 2. The second-order valence-corrected chi connectivity index (χ2v) is 6.64. The maximum atomic E-state index is 13.4. The van der Waals surface area contributed by atoms with Crippen LogP contribution in [0.4, 0.5) is 4.39 Å². The van der Waals surface area contributed by atoms with Gasteiger partial charge < -0.3 is 11.1 Å². The maximum absolute atomic E-state index is 13.4. The van der Waals surface area contributed by atoms with Crippen molar-refractivity contribution in [3.05, 3.63) is 35.1 Å². The SMILES string of the molecule is Cc1cc(F)cc(C(=O)NC23CCCC(N)(CC2)C3)c1. The summed E-state index contributed by atoms with van der Waals surface area (Å²) in [4.78, 5) is 12.4. The molecule has 2 fully saturated rings. The predicted octanol–water partition coefficient (Wildman–Crippen LogP) is 2.67. The first-order valence-electron chi connectivity index (χ1n) is 7.29. The quantitative estimate of drug-likeness (QED) is 0.872. The summed E-state index contributed by atoms with van der Waals surface area (Å²) in [5, 5.41) is 3.13. The van der Waals surface area contributed by atoms with Gasteiger partial charge in [0, 0.05) is 16.6 Å². The number of carbonyl (C=O) groups excluding carboxylic acids is 1. The van der Waals surface area contributed by atoms with E-state index in [0.717, 1.165) is 44.1 Å². The van der Waals surface area contributed by atoms with Crippen molar-refractivity contribution in [3.8, 4) is 0 Å². The molecule has 20 heavy (non-hydrogen) atoms. The van der Waals surface area contributed by atoms with E-state index in [1.807, 2.05) is 0 Å². The van der Waals surface area contributed by atoms with Gasteiger partial charge in [-0.1, -0.05) is 0 Å². The zero-order chi connectivity index (χ0) is 14.4. The van der Waals surface area contributed by atoms with Gasteiger partial charge in [-0.05, 0) is 69.2 Å². The Balaban J connectivity index is 1.79. The highest BCUT2D eigenvalue weighted by Gasteiger charge is 2.49. The van der Waals surface area contributed by atoms with Gasteiger partial charge in [0.25, 0.3) is 5.91 Å². The number of benzene rings is 1. The molecule has 0 aromatic heterocycles. The molecule has 3 nitrogen and oxygen atoms in total. The first-order valence-corrected chi connectivity index (χ1v) is 7.29. The Morgan fingerprint density at radius 3 is 2.80 bits per heavy atom. The van der Waals surface area contributed by atoms with Crippen molar-refractivity contribution in [2.75, 3.05) is 0 Å². The van der Waals surface area contributed by atoms with Crippen molar-refractivity contribution in [1.82, 2.24) is 5.32 Å². The lowest BCUT2D eigenvalue weighted by molar-refractivity contribution is 0.0876. The first kappa shape index (κ1) is 13.6. The van der Waals surface area contributed by atoms with Gasteiger partial charge in [0.15, 0.2) is 0 Å². The minimum atomic E-state index is -0.365. The molecular weight excluding hydrogens is 255 g/mol. The molecule has 2 saturated carbocycles. The molecular formula is C16H21FN2O. The van der Waals surface area contributed by atoms with E-state index >= 15 is 0 Å². The van der Waals surface area contributed by atoms with Crippen LogP contribution in [0.2, 0.25) is 0 Å². The molecule has 108 valence electrons. The van der Waals surface area contributed by atoms with E-state index in [-0.39, 0.29) is 22.8 Å². The normalized spacial score (nSPS) is 32.1. The molecule has 2 unspecified atom stereocenters. The van der Waals surface area contributed by atoms with Crippen molar-refractivity contribution >= 4 is 5.91 Å². The predicted molar refractivity (Wildman–Crippen MR) is 76.0 cm³/mol. The average Bonchev–Trinajstić information content (AvgIpc) is 2.58. The minimum absolute atomic E-state index is 0.108. The Kier molecular flexibility index (Phi) is 3.09. The highest BCUT2D eigenvalue weighted by atomic mass is 19.1. The number of hydrogen-bond acceptors (Lipinski definition) is 2. The minimum Gasteiger partial charge on any atom is -0.347 e. The van der Waals surface area contributed by atoms with Crippen molar-refractivity contribution in [2.24, 2.45) is 5.73 Å². The van der Waals surface area contributed by atoms with Crippen LogP contribution in [-0.2, 0) is 0 Å². The van der Waals surface area contributed by atoms with Gasteiger partial charge in [-0.15, -0.1) is 0 Å². The molecule has 3 rings (SSSR count). The molecule has 1 amide bonds. The second kappa shape index (κ2) is 4.55. The topological polar surface area (TPSA) is 55.1 Å². The van der Waals surface area contributed by atoms with Crippen LogP contribution in [-0.4, -0.2) is 17.0 Å². The average molecular weight is 276 g/mol. The van der Waals surface area contributed by atoms with Crippen LogP contribution in [0.25, 0.3) is 0 Å². The van der Waals surface area contributed by atoms with Crippen LogP contribution >= 0.6 is 0 Å². The van der Waals surface area contributed by atoms with Crippen LogP contribution in [0.1, 0.15) is 54.4 Å². The summed E-state index contributed by atoms with van der Waals surface area (Å²) in [6.45, 7) is 1.79. The van der Waals surface area contributed by atoms with Gasteiger partial charge in [0.2, 0.25) is 0 Å². The van der Waals surface area contributed by atoms with E-state index in [9.17, 15) is 9.18 Å². The summed E-state index contributed by atoms with van der Waals surface area (Å²) < 4.78 is 13.4. The summed E-state index contributed by atoms with van der Waals surface area (Å²) in [7, 11) is 0. The summed E-state index contributed by atoms with van der Waals surface area (Å²) in [5.74, 6) is -0.547. The van der Waals surface area contributed by atoms with Crippen LogP contribution in [0.15, 0.2) is 18.2 Å². The Labute approximate surface area is 118 Å². The Morgan fingerprint density at radius 2 is 2.05 bits per heavy atom. The molecule has 0 spiro atoms. The molecule has 0 radical (unpaired) electrons. The third kappa shape index (κ3) is 2.44. The molecule has 0 saturated heterocycles. The van der Waals surface area contributed by atoms with Crippen molar-refractivity contribution in [3.63, 3.8) is 0 Å². The molecule has 2 atom stereocenters. The van der Waals surface area contributed by atoms with E-state index in [4.69, 9.17) is 5.73 Å². The van der Waals surface area contributed by atoms with Gasteiger partial charge in [-0.3, -0.25) is 4.79 Å². The monoisotopic (exact) mass is 276 g/mol. The van der Waals surface area contributed by atoms with Crippen molar-refractivity contribution < 1.29 is 9.18 Å². The number of aryl methyl sites for hydroxylation is 1. The molecule has 1 aromatic carbocycles. The standard InChI is InChI=1S/C16H21FN2O/c1-11-7-12(9-13(17)8-11)14(20)19-16-4-2-3-15(18,10-16)5-6-16/h7-9H,2-6,10,18H2,1H3,(H,19,20). The third-order valence-corrected chi connectivity index (χ3v) is 4.80. The lowest BCUT2D eigenvalue weighted by Gasteiger charge is -2.38. The zero-order valence-electron chi connectivity index (χ0n) is 11.8. The van der Waals surface area contributed by atoms with E-state index in [2.05, 4.69) is 5.32 Å². The fourth-order valence-corrected chi connectivity index (χ4v) is 3.89. The lowest BCUT2D eigenvalue weighted by Crippen LogP contribution is -2.52. The second-order valence-electron chi connectivity index (χ2n) is 6.64. The third-order valence-electron chi connectivity index (χ3n) is 4.80. The summed E-state index contributed by atoms with van der Waals surface area (Å²) >= 11 is 0. The Hall–Kier alpha value is -1.42. The highest BCUT2D eigenvalue weighted by molar-refractivity contribution is 5.95. The molecule has 0 aliphatic heterocycles. The number of amides is 1. The number of nitrogens with one attached hydrogen (secondary N) is 1. The smallest absolute Gasteiger partial charge is 0.251 e. The zero-order valence-corrected chi connectivity index (χ0v) is 11.8. The van der Waals surface area contributed by atoms with Crippen LogP contribution < -0.4 is 11.1 Å². The summed E-state index contributed by atoms with van der Waals surface area (Å²) in [5.41, 5.74) is 7.21. The van der Waals surface area contributed by atoms with Crippen molar-refractivity contribution in [1.29, 1.82) is 0 Å². The van der Waals surface area contributed by atoms with Crippen LogP contribution in [0.5, 0.6) is 0 Å². The van der Waals surface area contributed by atoms with E-state index in [1.165, 1.54) is 12.1 Å². The van der Waals surface area contributed by atoms with Crippen molar-refractivity contribution in [2.45, 2.75) is 56.5 Å². The number of nitrogens with two attached hydrogens (primary N) is 1. The number of fused-ring (bicyclic) bond motifs is 2. The molecule has 2 aliphatic rings. The highest BCUT2D eigenvalue weighted by Crippen LogP contribution is 2.46. The largest absolute Gasteiger partial charge is 0.347 e. The van der Waals surface area contributed by atoms with Crippen LogP contribution in [0, 0.1) is 12.7 Å². The maximum Gasteiger partial charge on any atom is 0.251 e. The fourth-order valence-electron chi connectivity index (χ4n) is 3.89. The molecule has 3 N–H and O–H groups in total. The molecule has 2 aliphatic carbocycles. The fraction of sp³-hybridized carbons (Fsp3) is 0.562. The van der Waals surface area contributed by atoms with Gasteiger partial charge in [0.1, 0.15) is 5.82 Å². The molecule has 2 bridgehead atoms. The number of carbonyl (C=O) groups is 1. The van der Waals surface area contributed by atoms with Gasteiger partial charge in [-0.2, -0.15) is 0 Å². The number of halogens is 1. The molecule has 0 heterocycles. The van der Waals surface area contributed by atoms with E-state index < -0.39 is 0 Å². The summed E-state index contributed by atoms with van der Waals surface area (Å²) in [6.07, 6.45) is 5.83. The molecule has 4 heteroatoms. The van der Waals surface area contributed by atoms with E-state index in [0.29, 0.717) is 5.56 Å². The molecule has 1 aromatic rings. The Morgan fingerprint density at radius 1 is 1.25 bits per heavy atom. The first-order chi connectivity index (χ1) is 9.40. The van der Waals surface area contributed by atoms with Gasteiger partial charge >= 0.3 is 0 Å². The Bertz CT molecular complexity index is 539.